The van der Waals surface area contributed by atoms with Gasteiger partial charge in [-0.3, -0.25) is 4.79 Å². The molecule has 1 N–H and O–H groups in total. The molecule has 4 rings (SSSR count). The molecular weight excluding hydrogens is 322 g/mol. The van der Waals surface area contributed by atoms with Crippen molar-refractivity contribution in [1.82, 2.24) is 5.32 Å². The summed E-state index contributed by atoms with van der Waals surface area (Å²) in [7, 11) is 0. The second-order valence-corrected chi connectivity index (χ2v) is 6.65. The van der Waals surface area contributed by atoms with Crippen LogP contribution in [0.1, 0.15) is 41.1 Å². The van der Waals surface area contributed by atoms with Gasteiger partial charge in [-0.25, -0.2) is 0 Å². The predicted molar refractivity (Wildman–Crippen MR) is 105 cm³/mol. The van der Waals surface area contributed by atoms with Crippen LogP contribution in [-0.4, -0.2) is 5.91 Å². The van der Waals surface area contributed by atoms with E-state index in [1.807, 2.05) is 30.3 Å². The Morgan fingerprint density at radius 3 is 2.54 bits per heavy atom. The van der Waals surface area contributed by atoms with Crippen LogP contribution in [0.4, 0.5) is 0 Å². The second-order valence-electron chi connectivity index (χ2n) is 6.65. The largest absolute Gasteiger partial charge is 0.451 e. The van der Waals surface area contributed by atoms with Gasteiger partial charge in [0.15, 0.2) is 5.76 Å². The average molecular weight is 343 g/mol. The Bertz CT molecular complexity index is 1080. The molecule has 1 amide bonds. The van der Waals surface area contributed by atoms with Gasteiger partial charge in [0.05, 0.1) is 6.04 Å². The van der Waals surface area contributed by atoms with Crippen molar-refractivity contribution in [3.05, 3.63) is 83.6 Å². The fourth-order valence-corrected chi connectivity index (χ4v) is 3.35. The van der Waals surface area contributed by atoms with Gasteiger partial charge in [0, 0.05) is 5.39 Å². The van der Waals surface area contributed by atoms with Gasteiger partial charge in [0.25, 0.3) is 5.91 Å². The second kappa shape index (κ2) is 6.68. The molecule has 130 valence electrons. The zero-order valence-corrected chi connectivity index (χ0v) is 15.0. The number of rotatable bonds is 4. The molecular formula is C23H21NO2. The van der Waals surface area contributed by atoms with Crippen molar-refractivity contribution in [2.45, 2.75) is 26.3 Å². The van der Waals surface area contributed by atoms with E-state index < -0.39 is 0 Å². The van der Waals surface area contributed by atoms with Crippen LogP contribution in [0, 0.1) is 6.92 Å². The molecule has 0 fully saturated rings. The minimum atomic E-state index is -0.183. The van der Waals surface area contributed by atoms with Crippen LogP contribution >= 0.6 is 0 Å². The van der Waals surface area contributed by atoms with E-state index in [1.54, 1.807) is 0 Å². The molecule has 1 aromatic heterocycles. The molecule has 0 saturated carbocycles. The highest BCUT2D eigenvalue weighted by atomic mass is 16.3. The number of hydrogen-bond acceptors (Lipinski definition) is 2. The first-order valence-corrected chi connectivity index (χ1v) is 8.94. The molecule has 1 unspecified atom stereocenters. The van der Waals surface area contributed by atoms with Crippen LogP contribution in [-0.2, 0) is 0 Å². The van der Waals surface area contributed by atoms with Gasteiger partial charge in [-0.1, -0.05) is 67.1 Å². The number of furan rings is 1. The summed E-state index contributed by atoms with van der Waals surface area (Å²) < 4.78 is 5.83. The highest BCUT2D eigenvalue weighted by Crippen LogP contribution is 2.28. The number of aryl methyl sites for hydroxylation is 1. The Morgan fingerprint density at radius 1 is 1.00 bits per heavy atom. The van der Waals surface area contributed by atoms with Crippen molar-refractivity contribution in [2.75, 3.05) is 0 Å². The van der Waals surface area contributed by atoms with E-state index in [4.69, 9.17) is 4.42 Å². The van der Waals surface area contributed by atoms with E-state index in [9.17, 15) is 4.79 Å². The number of carbonyl (C=O) groups is 1. The monoisotopic (exact) mass is 343 g/mol. The number of fused-ring (bicyclic) bond motifs is 3. The molecule has 1 atom stereocenters. The zero-order valence-electron chi connectivity index (χ0n) is 15.0. The number of hydrogen-bond donors (Lipinski definition) is 1. The topological polar surface area (TPSA) is 42.2 Å². The molecule has 0 aliphatic carbocycles. The van der Waals surface area contributed by atoms with Gasteiger partial charge in [-0.2, -0.15) is 0 Å². The maximum atomic E-state index is 12.8. The summed E-state index contributed by atoms with van der Waals surface area (Å²) >= 11 is 0. The maximum absolute atomic E-state index is 12.8. The number of nitrogens with one attached hydrogen (secondary N) is 1. The predicted octanol–water partition coefficient (Wildman–Crippen LogP) is 5.78. The smallest absolute Gasteiger partial charge is 0.287 e. The van der Waals surface area contributed by atoms with Gasteiger partial charge in [-0.15, -0.1) is 0 Å². The summed E-state index contributed by atoms with van der Waals surface area (Å²) in [6.07, 6.45) is 0.817. The van der Waals surface area contributed by atoms with Gasteiger partial charge < -0.3 is 9.73 Å². The molecule has 0 spiro atoms. The molecule has 0 radical (unpaired) electrons. The molecule has 0 aliphatic heterocycles. The van der Waals surface area contributed by atoms with Gasteiger partial charge in [-0.05, 0) is 41.8 Å². The molecule has 0 saturated heterocycles. The first-order valence-electron chi connectivity index (χ1n) is 8.94. The van der Waals surface area contributed by atoms with Crippen LogP contribution in [0.3, 0.4) is 0 Å². The van der Waals surface area contributed by atoms with Gasteiger partial charge in [0.1, 0.15) is 5.58 Å². The lowest BCUT2D eigenvalue weighted by Crippen LogP contribution is -2.27. The van der Waals surface area contributed by atoms with E-state index in [1.165, 1.54) is 5.56 Å². The molecule has 26 heavy (non-hydrogen) atoms. The third-order valence-electron chi connectivity index (χ3n) is 4.84. The molecule has 3 aromatic carbocycles. The fraction of sp³-hybridized carbons (Fsp3) is 0.174. The van der Waals surface area contributed by atoms with Crippen molar-refractivity contribution in [2.24, 2.45) is 0 Å². The molecule has 0 bridgehead atoms. The third kappa shape index (κ3) is 2.97. The van der Waals surface area contributed by atoms with Crippen molar-refractivity contribution in [3.8, 4) is 0 Å². The maximum Gasteiger partial charge on any atom is 0.287 e. The lowest BCUT2D eigenvalue weighted by Gasteiger charge is -2.16. The Labute approximate surface area is 152 Å². The van der Waals surface area contributed by atoms with E-state index in [0.29, 0.717) is 5.76 Å². The Morgan fingerprint density at radius 2 is 1.77 bits per heavy atom. The molecule has 1 heterocycles. The van der Waals surface area contributed by atoms with Crippen molar-refractivity contribution >= 4 is 27.6 Å². The summed E-state index contributed by atoms with van der Waals surface area (Å²) in [5, 5.41) is 6.30. The number of amides is 1. The number of carbonyl (C=O) groups excluding carboxylic acids is 1. The summed E-state index contributed by atoms with van der Waals surface area (Å²) in [6.45, 7) is 4.12. The van der Waals surface area contributed by atoms with Crippen LogP contribution < -0.4 is 5.32 Å². The summed E-state index contributed by atoms with van der Waals surface area (Å²) in [5.41, 5.74) is 3.05. The number of benzene rings is 3. The summed E-state index contributed by atoms with van der Waals surface area (Å²) in [4.78, 5) is 12.8. The lowest BCUT2D eigenvalue weighted by atomic mass is 10.0. The first kappa shape index (κ1) is 16.4. The standard InChI is InChI=1S/C23H21NO2/c1-3-20(17-10-8-15(2)9-11-17)24-23(25)22-14-19-18-7-5-4-6-16(18)12-13-21(19)26-22/h4-14,20H,3H2,1-2H3,(H,24,25). The SMILES string of the molecule is CCC(NC(=O)c1cc2c(ccc3ccccc32)o1)c1ccc(C)cc1. The Hall–Kier alpha value is -3.07. The van der Waals surface area contributed by atoms with E-state index in [0.717, 1.165) is 33.7 Å². The van der Waals surface area contributed by atoms with E-state index >= 15 is 0 Å². The van der Waals surface area contributed by atoms with Crippen molar-refractivity contribution < 1.29 is 9.21 Å². The summed E-state index contributed by atoms with van der Waals surface area (Å²) in [5.74, 6) is 0.166. The quantitative estimate of drug-likeness (QED) is 0.511. The van der Waals surface area contributed by atoms with Gasteiger partial charge >= 0.3 is 0 Å². The van der Waals surface area contributed by atoms with Crippen molar-refractivity contribution in [1.29, 1.82) is 0 Å². The highest BCUT2D eigenvalue weighted by Gasteiger charge is 2.18. The minimum absolute atomic E-state index is 0.0342. The van der Waals surface area contributed by atoms with Crippen molar-refractivity contribution in [3.63, 3.8) is 0 Å². The molecule has 0 aliphatic rings. The minimum Gasteiger partial charge on any atom is -0.451 e. The Balaban J connectivity index is 1.65. The lowest BCUT2D eigenvalue weighted by molar-refractivity contribution is 0.0909. The van der Waals surface area contributed by atoms with Crippen LogP contribution in [0.25, 0.3) is 21.7 Å². The fourth-order valence-electron chi connectivity index (χ4n) is 3.35. The van der Waals surface area contributed by atoms with E-state index in [-0.39, 0.29) is 11.9 Å². The molecule has 3 nitrogen and oxygen atoms in total. The van der Waals surface area contributed by atoms with Crippen LogP contribution in [0.15, 0.2) is 71.1 Å². The van der Waals surface area contributed by atoms with Crippen LogP contribution in [0.5, 0.6) is 0 Å². The highest BCUT2D eigenvalue weighted by molar-refractivity contribution is 6.08. The van der Waals surface area contributed by atoms with Gasteiger partial charge in [0.2, 0.25) is 0 Å². The van der Waals surface area contributed by atoms with Crippen LogP contribution in [0.2, 0.25) is 0 Å². The zero-order chi connectivity index (χ0) is 18.1. The third-order valence-corrected chi connectivity index (χ3v) is 4.84. The normalized spacial score (nSPS) is 12.4. The summed E-state index contributed by atoms with van der Waals surface area (Å²) in [6, 6.07) is 22.1. The molecule has 4 aromatic rings. The first-order chi connectivity index (χ1) is 12.7. The van der Waals surface area contributed by atoms with E-state index in [2.05, 4.69) is 55.6 Å². The molecule has 3 heteroatoms. The average Bonchev–Trinajstić information content (AvgIpc) is 3.12. The Kier molecular flexibility index (Phi) is 4.21.